The summed E-state index contributed by atoms with van der Waals surface area (Å²) in [6, 6.07) is 17.5. The van der Waals surface area contributed by atoms with Crippen molar-refractivity contribution < 1.29 is 13.2 Å². The van der Waals surface area contributed by atoms with Gasteiger partial charge in [-0.3, -0.25) is 0 Å². The number of thiazole rings is 1. The molecule has 1 aromatic heterocycles. The number of ether oxygens (including phenoxy) is 1. The number of benzene rings is 2. The van der Waals surface area contributed by atoms with Crippen LogP contribution in [0.2, 0.25) is 0 Å². The van der Waals surface area contributed by atoms with Crippen molar-refractivity contribution in [2.45, 2.75) is 31.2 Å². The van der Waals surface area contributed by atoms with Gasteiger partial charge in [-0.1, -0.05) is 56.3 Å². The zero-order valence-corrected chi connectivity index (χ0v) is 17.3. The molecule has 0 saturated heterocycles. The van der Waals surface area contributed by atoms with E-state index in [-0.39, 0.29) is 21.9 Å². The highest BCUT2D eigenvalue weighted by Crippen LogP contribution is 2.28. The molecule has 3 aromatic rings. The van der Waals surface area contributed by atoms with Crippen molar-refractivity contribution in [1.82, 2.24) is 4.98 Å². The minimum absolute atomic E-state index is 0.0396. The fourth-order valence-electron chi connectivity index (χ4n) is 2.95. The fraction of sp³-hybridized carbons (Fsp3) is 0.381. The van der Waals surface area contributed by atoms with Crippen LogP contribution in [0.5, 0.6) is 0 Å². The third kappa shape index (κ3) is 5.37. The summed E-state index contributed by atoms with van der Waals surface area (Å²) in [7, 11) is -3.40. The number of hydrogen-bond acceptors (Lipinski definition) is 5. The maximum absolute atomic E-state index is 12.9. The van der Waals surface area contributed by atoms with Gasteiger partial charge in [0.2, 0.25) is 14.2 Å². The highest BCUT2D eigenvalue weighted by molar-refractivity contribution is 7.93. The summed E-state index contributed by atoms with van der Waals surface area (Å²) >= 11 is 1.25. The van der Waals surface area contributed by atoms with E-state index in [1.54, 1.807) is 0 Å². The summed E-state index contributed by atoms with van der Waals surface area (Å²) in [5.41, 5.74) is 1.87. The zero-order valence-electron chi connectivity index (χ0n) is 15.7. The van der Waals surface area contributed by atoms with Crippen molar-refractivity contribution in [2.75, 3.05) is 12.4 Å². The van der Waals surface area contributed by atoms with Crippen molar-refractivity contribution in [3.05, 3.63) is 60.2 Å². The van der Waals surface area contributed by atoms with Gasteiger partial charge >= 0.3 is 0 Å². The molecule has 6 heteroatoms. The normalized spacial score (nSPS) is 13.3. The number of hydrogen-bond donors (Lipinski definition) is 0. The molecule has 0 saturated carbocycles. The second kappa shape index (κ2) is 8.95. The smallest absolute Gasteiger partial charge is 0.210 e. The molecule has 0 bridgehead atoms. The maximum atomic E-state index is 12.9. The van der Waals surface area contributed by atoms with Crippen LogP contribution in [0.3, 0.4) is 0 Å². The van der Waals surface area contributed by atoms with Crippen molar-refractivity contribution in [1.29, 1.82) is 0 Å². The van der Waals surface area contributed by atoms with E-state index in [1.807, 2.05) is 54.6 Å². The molecular formula is C21H25NO3S2. The Bertz CT molecular complexity index is 932. The monoisotopic (exact) mass is 403 g/mol. The number of aromatic nitrogens is 1. The molecule has 0 unspecified atom stereocenters. The van der Waals surface area contributed by atoms with Crippen molar-refractivity contribution in [3.63, 3.8) is 0 Å². The van der Waals surface area contributed by atoms with Gasteiger partial charge in [-0.05, 0) is 36.0 Å². The first-order chi connectivity index (χ1) is 13.0. The molecule has 0 spiro atoms. The van der Waals surface area contributed by atoms with Gasteiger partial charge in [-0.15, -0.1) is 11.3 Å². The van der Waals surface area contributed by atoms with E-state index >= 15 is 0 Å². The lowest BCUT2D eigenvalue weighted by Crippen LogP contribution is -2.22. The fourth-order valence-corrected chi connectivity index (χ4v) is 6.12. The number of para-hydroxylation sites is 1. The Hall–Kier alpha value is -1.76. The number of fused-ring (bicyclic) bond motifs is 1. The van der Waals surface area contributed by atoms with Crippen LogP contribution >= 0.6 is 11.3 Å². The van der Waals surface area contributed by atoms with Gasteiger partial charge in [0.15, 0.2) is 0 Å². The first-order valence-electron chi connectivity index (χ1n) is 9.16. The summed E-state index contributed by atoms with van der Waals surface area (Å²) in [6.07, 6.45) is 0.717. The van der Waals surface area contributed by atoms with Crippen molar-refractivity contribution in [3.8, 4) is 0 Å². The standard InChI is InChI=1S/C21H25NO3S2/c1-16(2)18(12-13-25-14-17-8-4-3-5-9-17)15-27(23,24)21-22-19-10-6-7-11-20(19)26-21/h3-11,16,18H,12-15H2,1-2H3/t18-/m0/s1. The van der Waals surface area contributed by atoms with Crippen LogP contribution in [0, 0.1) is 11.8 Å². The summed E-state index contributed by atoms with van der Waals surface area (Å²) in [4.78, 5) is 4.33. The van der Waals surface area contributed by atoms with Crippen LogP contribution in [-0.2, 0) is 21.2 Å². The third-order valence-electron chi connectivity index (χ3n) is 4.66. The zero-order chi connectivity index (χ0) is 19.3. The summed E-state index contributed by atoms with van der Waals surface area (Å²) in [6.45, 7) is 5.23. The molecule has 1 atom stereocenters. The second-order valence-electron chi connectivity index (χ2n) is 7.06. The van der Waals surface area contributed by atoms with E-state index < -0.39 is 9.84 Å². The molecule has 3 rings (SSSR count). The molecule has 4 nitrogen and oxygen atoms in total. The van der Waals surface area contributed by atoms with Gasteiger partial charge in [0.05, 0.1) is 22.6 Å². The molecule has 0 fully saturated rings. The Labute approximate surface area is 165 Å². The van der Waals surface area contributed by atoms with Crippen LogP contribution in [0.25, 0.3) is 10.2 Å². The van der Waals surface area contributed by atoms with E-state index in [0.29, 0.717) is 19.6 Å². The average Bonchev–Trinajstić information content (AvgIpc) is 3.10. The summed E-state index contributed by atoms with van der Waals surface area (Å²) in [5.74, 6) is 0.409. The van der Waals surface area contributed by atoms with Gasteiger partial charge < -0.3 is 4.74 Å². The number of sulfone groups is 1. The predicted octanol–water partition coefficient (Wildman–Crippen LogP) is 4.95. The lowest BCUT2D eigenvalue weighted by Gasteiger charge is -2.20. The van der Waals surface area contributed by atoms with Gasteiger partial charge in [0.25, 0.3) is 0 Å². The third-order valence-corrected chi connectivity index (χ3v) is 7.99. The number of rotatable bonds is 9. The van der Waals surface area contributed by atoms with Crippen LogP contribution < -0.4 is 0 Å². The van der Waals surface area contributed by atoms with Crippen molar-refractivity contribution in [2.24, 2.45) is 11.8 Å². The molecule has 0 radical (unpaired) electrons. The summed E-state index contributed by atoms with van der Waals surface area (Å²) < 4.78 is 32.6. The Kier molecular flexibility index (Phi) is 6.63. The van der Waals surface area contributed by atoms with E-state index in [1.165, 1.54) is 11.3 Å². The molecule has 0 N–H and O–H groups in total. The predicted molar refractivity (Wildman–Crippen MR) is 111 cm³/mol. The Morgan fingerprint density at radius 2 is 1.74 bits per heavy atom. The molecule has 1 heterocycles. The highest BCUT2D eigenvalue weighted by atomic mass is 32.2. The van der Waals surface area contributed by atoms with E-state index in [9.17, 15) is 8.42 Å². The number of nitrogens with zero attached hydrogens (tertiary/aromatic N) is 1. The minimum atomic E-state index is -3.40. The SMILES string of the molecule is CC(C)[C@@H](CCOCc1ccccc1)CS(=O)(=O)c1nc2ccccc2s1. The lowest BCUT2D eigenvalue weighted by atomic mass is 9.95. The molecular weight excluding hydrogens is 378 g/mol. The lowest BCUT2D eigenvalue weighted by molar-refractivity contribution is 0.104. The molecule has 0 amide bonds. The van der Waals surface area contributed by atoms with Crippen molar-refractivity contribution >= 4 is 31.4 Å². The van der Waals surface area contributed by atoms with Gasteiger partial charge in [-0.2, -0.15) is 0 Å². The summed E-state index contributed by atoms with van der Waals surface area (Å²) in [5, 5.41) is 0. The van der Waals surface area contributed by atoms with E-state index in [2.05, 4.69) is 18.8 Å². The largest absolute Gasteiger partial charge is 0.377 e. The molecule has 144 valence electrons. The Balaban J connectivity index is 1.61. The average molecular weight is 404 g/mol. The van der Waals surface area contributed by atoms with Crippen LogP contribution in [-0.4, -0.2) is 25.8 Å². The quantitative estimate of drug-likeness (QED) is 0.474. The molecule has 2 aromatic carbocycles. The van der Waals surface area contributed by atoms with Gasteiger partial charge in [0.1, 0.15) is 0 Å². The van der Waals surface area contributed by atoms with E-state index in [4.69, 9.17) is 4.74 Å². The highest BCUT2D eigenvalue weighted by Gasteiger charge is 2.26. The second-order valence-corrected chi connectivity index (χ2v) is 10.3. The molecule has 0 aliphatic carbocycles. The van der Waals surface area contributed by atoms with E-state index in [0.717, 1.165) is 15.8 Å². The Morgan fingerprint density at radius 3 is 2.44 bits per heavy atom. The van der Waals surface area contributed by atoms with Crippen LogP contribution in [0.4, 0.5) is 0 Å². The maximum Gasteiger partial charge on any atom is 0.210 e. The topological polar surface area (TPSA) is 56.3 Å². The Morgan fingerprint density at radius 1 is 1.04 bits per heavy atom. The van der Waals surface area contributed by atoms with Crippen LogP contribution in [0.1, 0.15) is 25.8 Å². The minimum Gasteiger partial charge on any atom is -0.377 e. The first-order valence-corrected chi connectivity index (χ1v) is 11.6. The molecule has 27 heavy (non-hydrogen) atoms. The molecule has 0 aliphatic rings. The van der Waals surface area contributed by atoms with Crippen LogP contribution in [0.15, 0.2) is 58.9 Å². The van der Waals surface area contributed by atoms with Gasteiger partial charge in [0, 0.05) is 6.61 Å². The first kappa shape index (κ1) is 20.0. The molecule has 0 aliphatic heterocycles. The van der Waals surface area contributed by atoms with Gasteiger partial charge in [-0.25, -0.2) is 13.4 Å².